The van der Waals surface area contributed by atoms with Crippen molar-refractivity contribution in [2.75, 3.05) is 0 Å². The van der Waals surface area contributed by atoms with Crippen LogP contribution in [0.25, 0.3) is 28.4 Å². The number of aryl methyl sites for hydroxylation is 1. The van der Waals surface area contributed by atoms with E-state index in [0.29, 0.717) is 0 Å². The molecule has 3 heterocycles. The van der Waals surface area contributed by atoms with Gasteiger partial charge in [0, 0.05) is 12.4 Å². The van der Waals surface area contributed by atoms with E-state index in [1.807, 2.05) is 42.5 Å². The summed E-state index contributed by atoms with van der Waals surface area (Å²) in [5, 5.41) is 0. The third-order valence-corrected chi connectivity index (χ3v) is 3.58. The number of pyridine rings is 2. The molecule has 3 aromatic heterocycles. The number of rotatable bonds is 2. The van der Waals surface area contributed by atoms with E-state index in [2.05, 4.69) is 33.6 Å². The SMILES string of the molecule is Cc1ccc2nc(-c3ccccn3)n(-c3ccccn3)c2c1. The summed E-state index contributed by atoms with van der Waals surface area (Å²) in [5.41, 5.74) is 4.01. The van der Waals surface area contributed by atoms with Gasteiger partial charge in [-0.1, -0.05) is 18.2 Å². The van der Waals surface area contributed by atoms with Crippen LogP contribution in [0.3, 0.4) is 0 Å². The monoisotopic (exact) mass is 286 g/mol. The van der Waals surface area contributed by atoms with Crippen molar-refractivity contribution in [2.45, 2.75) is 6.92 Å². The molecule has 4 rings (SSSR count). The third-order valence-electron chi connectivity index (χ3n) is 3.58. The maximum atomic E-state index is 4.76. The molecule has 4 heteroatoms. The van der Waals surface area contributed by atoms with Crippen LogP contribution in [0, 0.1) is 6.92 Å². The van der Waals surface area contributed by atoms with E-state index in [4.69, 9.17) is 4.98 Å². The number of nitrogens with zero attached hydrogens (tertiary/aromatic N) is 4. The van der Waals surface area contributed by atoms with Crippen LogP contribution in [0.4, 0.5) is 0 Å². The van der Waals surface area contributed by atoms with Gasteiger partial charge < -0.3 is 0 Å². The fourth-order valence-corrected chi connectivity index (χ4v) is 2.57. The minimum atomic E-state index is 0.805. The molecule has 0 spiro atoms. The second-order valence-corrected chi connectivity index (χ2v) is 5.17. The van der Waals surface area contributed by atoms with Gasteiger partial charge in [0.15, 0.2) is 5.82 Å². The predicted molar refractivity (Wildman–Crippen MR) is 86.8 cm³/mol. The van der Waals surface area contributed by atoms with Gasteiger partial charge in [-0.2, -0.15) is 0 Å². The molecule has 4 aromatic rings. The lowest BCUT2D eigenvalue weighted by molar-refractivity contribution is 1.02. The Morgan fingerprint density at radius 3 is 2.41 bits per heavy atom. The van der Waals surface area contributed by atoms with Crippen LogP contribution in [-0.4, -0.2) is 19.5 Å². The first-order valence-corrected chi connectivity index (χ1v) is 7.15. The fourth-order valence-electron chi connectivity index (χ4n) is 2.57. The van der Waals surface area contributed by atoms with Crippen LogP contribution in [0.2, 0.25) is 0 Å². The summed E-state index contributed by atoms with van der Waals surface area (Å²) in [4.78, 5) is 13.7. The van der Waals surface area contributed by atoms with Gasteiger partial charge in [-0.25, -0.2) is 9.97 Å². The molecule has 0 N–H and O–H groups in total. The van der Waals surface area contributed by atoms with Crippen molar-refractivity contribution in [2.24, 2.45) is 0 Å². The van der Waals surface area contributed by atoms with E-state index in [0.717, 1.165) is 28.4 Å². The normalized spacial score (nSPS) is 11.0. The lowest BCUT2D eigenvalue weighted by atomic mass is 10.2. The van der Waals surface area contributed by atoms with Gasteiger partial charge in [0.05, 0.1) is 11.0 Å². The number of benzene rings is 1. The number of aromatic nitrogens is 4. The van der Waals surface area contributed by atoms with Crippen LogP contribution >= 0.6 is 0 Å². The quantitative estimate of drug-likeness (QED) is 0.563. The Hall–Kier alpha value is -3.01. The van der Waals surface area contributed by atoms with E-state index in [9.17, 15) is 0 Å². The first kappa shape index (κ1) is 12.7. The molecular weight excluding hydrogens is 272 g/mol. The van der Waals surface area contributed by atoms with Crippen molar-refractivity contribution >= 4 is 11.0 Å². The largest absolute Gasteiger partial charge is 0.275 e. The molecule has 0 aliphatic rings. The lowest BCUT2D eigenvalue weighted by Gasteiger charge is -2.07. The fraction of sp³-hybridized carbons (Fsp3) is 0.0556. The molecule has 0 amide bonds. The third kappa shape index (κ3) is 2.05. The van der Waals surface area contributed by atoms with Crippen LogP contribution < -0.4 is 0 Å². The second-order valence-electron chi connectivity index (χ2n) is 5.17. The molecule has 4 nitrogen and oxygen atoms in total. The van der Waals surface area contributed by atoms with Crippen molar-refractivity contribution in [1.29, 1.82) is 0 Å². The maximum Gasteiger partial charge on any atom is 0.165 e. The number of hydrogen-bond donors (Lipinski definition) is 0. The van der Waals surface area contributed by atoms with Gasteiger partial charge in [0.2, 0.25) is 0 Å². The molecule has 1 aromatic carbocycles. The maximum absolute atomic E-state index is 4.76. The standard InChI is InChI=1S/C18H14N4/c1-13-8-9-14-16(12-13)22(17-7-3-5-11-20-17)18(21-14)15-6-2-4-10-19-15/h2-12H,1H3. The summed E-state index contributed by atoms with van der Waals surface area (Å²) in [6.07, 6.45) is 3.57. The summed E-state index contributed by atoms with van der Waals surface area (Å²) in [7, 11) is 0. The molecule has 106 valence electrons. The van der Waals surface area contributed by atoms with Crippen LogP contribution in [0.5, 0.6) is 0 Å². The minimum Gasteiger partial charge on any atom is -0.275 e. The first-order valence-electron chi connectivity index (χ1n) is 7.15. The number of hydrogen-bond acceptors (Lipinski definition) is 3. The highest BCUT2D eigenvalue weighted by molar-refractivity contribution is 5.82. The first-order chi connectivity index (χ1) is 10.8. The van der Waals surface area contributed by atoms with Crippen LogP contribution in [-0.2, 0) is 0 Å². The molecule has 22 heavy (non-hydrogen) atoms. The zero-order chi connectivity index (χ0) is 14.9. The Labute approximate surface area is 128 Å². The Morgan fingerprint density at radius 2 is 1.68 bits per heavy atom. The average molecular weight is 286 g/mol. The Kier molecular flexibility index (Phi) is 2.93. The van der Waals surface area contributed by atoms with Gasteiger partial charge in [0.1, 0.15) is 11.5 Å². The molecule has 0 saturated heterocycles. The van der Waals surface area contributed by atoms with E-state index >= 15 is 0 Å². The van der Waals surface area contributed by atoms with Gasteiger partial charge in [0.25, 0.3) is 0 Å². The van der Waals surface area contributed by atoms with Gasteiger partial charge >= 0.3 is 0 Å². The highest BCUT2D eigenvalue weighted by Crippen LogP contribution is 2.27. The summed E-state index contributed by atoms with van der Waals surface area (Å²) in [6.45, 7) is 2.08. The van der Waals surface area contributed by atoms with E-state index in [1.165, 1.54) is 5.56 Å². The van der Waals surface area contributed by atoms with Gasteiger partial charge in [-0.3, -0.25) is 9.55 Å². The summed E-state index contributed by atoms with van der Waals surface area (Å²) < 4.78 is 2.06. The van der Waals surface area contributed by atoms with Crippen molar-refractivity contribution in [3.05, 3.63) is 72.6 Å². The molecule has 0 fully saturated rings. The van der Waals surface area contributed by atoms with Crippen molar-refractivity contribution < 1.29 is 0 Å². The molecule has 0 aliphatic heterocycles. The number of imidazole rings is 1. The highest BCUT2D eigenvalue weighted by atomic mass is 15.1. The Bertz CT molecular complexity index is 927. The Balaban J connectivity index is 2.08. The van der Waals surface area contributed by atoms with Gasteiger partial charge in [-0.15, -0.1) is 0 Å². The molecule has 0 saturated carbocycles. The smallest absolute Gasteiger partial charge is 0.165 e. The van der Waals surface area contributed by atoms with Crippen molar-refractivity contribution in [1.82, 2.24) is 19.5 Å². The zero-order valence-electron chi connectivity index (χ0n) is 12.1. The molecule has 0 radical (unpaired) electrons. The summed E-state index contributed by atoms with van der Waals surface area (Å²) >= 11 is 0. The predicted octanol–water partition coefficient (Wildman–Crippen LogP) is 3.79. The Morgan fingerprint density at radius 1 is 0.864 bits per heavy atom. The average Bonchev–Trinajstić information content (AvgIpc) is 2.95. The molecular formula is C18H14N4. The molecule has 0 aliphatic carbocycles. The lowest BCUT2D eigenvalue weighted by Crippen LogP contribution is -2.00. The summed E-state index contributed by atoms with van der Waals surface area (Å²) in [6, 6.07) is 17.9. The van der Waals surface area contributed by atoms with E-state index in [-0.39, 0.29) is 0 Å². The van der Waals surface area contributed by atoms with Gasteiger partial charge in [-0.05, 0) is 48.9 Å². The topological polar surface area (TPSA) is 43.6 Å². The molecule has 0 atom stereocenters. The summed E-state index contributed by atoms with van der Waals surface area (Å²) in [5.74, 6) is 1.65. The van der Waals surface area contributed by atoms with E-state index < -0.39 is 0 Å². The molecule has 0 bridgehead atoms. The van der Waals surface area contributed by atoms with E-state index in [1.54, 1.807) is 12.4 Å². The number of fused-ring (bicyclic) bond motifs is 1. The highest BCUT2D eigenvalue weighted by Gasteiger charge is 2.15. The zero-order valence-corrected chi connectivity index (χ0v) is 12.1. The van der Waals surface area contributed by atoms with Crippen molar-refractivity contribution in [3.63, 3.8) is 0 Å². The van der Waals surface area contributed by atoms with Crippen LogP contribution in [0.15, 0.2) is 67.0 Å². The van der Waals surface area contributed by atoms with Crippen molar-refractivity contribution in [3.8, 4) is 17.3 Å². The minimum absolute atomic E-state index is 0.805. The second kappa shape index (κ2) is 5.07. The van der Waals surface area contributed by atoms with Crippen LogP contribution in [0.1, 0.15) is 5.56 Å². The molecule has 0 unspecified atom stereocenters.